The van der Waals surface area contributed by atoms with E-state index in [1.54, 1.807) is 6.21 Å². The van der Waals surface area contributed by atoms with Gasteiger partial charge in [-0.2, -0.15) is 5.10 Å². The van der Waals surface area contributed by atoms with Gasteiger partial charge >= 0.3 is 0 Å². The van der Waals surface area contributed by atoms with Crippen molar-refractivity contribution in [3.63, 3.8) is 0 Å². The van der Waals surface area contributed by atoms with Crippen LogP contribution in [-0.4, -0.2) is 23.2 Å². The predicted octanol–water partition coefficient (Wildman–Crippen LogP) is 3.96. The number of nitrogens with one attached hydrogen (secondary N) is 2. The van der Waals surface area contributed by atoms with Crippen molar-refractivity contribution in [2.45, 2.75) is 20.8 Å². The van der Waals surface area contributed by atoms with Crippen molar-refractivity contribution in [1.82, 2.24) is 9.99 Å². The van der Waals surface area contributed by atoms with E-state index in [2.05, 4.69) is 59.4 Å². The molecular weight excluding hydrogens is 336 g/mol. The van der Waals surface area contributed by atoms with Crippen LogP contribution in [0.5, 0.6) is 0 Å². The van der Waals surface area contributed by atoms with Gasteiger partial charge in [0.1, 0.15) is 0 Å². The molecule has 1 amide bonds. The Balaban J connectivity index is 1.65. The maximum atomic E-state index is 11.9. The van der Waals surface area contributed by atoms with E-state index in [-0.39, 0.29) is 12.5 Å². The lowest BCUT2D eigenvalue weighted by Gasteiger charge is -2.12. The minimum absolute atomic E-state index is 0.170. The first kappa shape index (κ1) is 18.5. The highest BCUT2D eigenvalue weighted by molar-refractivity contribution is 5.85. The third kappa shape index (κ3) is 4.44. The van der Waals surface area contributed by atoms with E-state index in [1.807, 2.05) is 42.5 Å². The van der Waals surface area contributed by atoms with Crippen molar-refractivity contribution >= 4 is 17.8 Å². The van der Waals surface area contributed by atoms with Crippen molar-refractivity contribution in [3.8, 4) is 5.69 Å². The number of hydrogen-bond donors (Lipinski definition) is 2. The summed E-state index contributed by atoms with van der Waals surface area (Å²) in [6.07, 6.45) is 1.69. The van der Waals surface area contributed by atoms with Gasteiger partial charge in [-0.3, -0.25) is 4.79 Å². The zero-order valence-electron chi connectivity index (χ0n) is 15.9. The molecule has 0 saturated carbocycles. The molecule has 0 radical (unpaired) electrons. The molecule has 0 atom stereocenters. The summed E-state index contributed by atoms with van der Waals surface area (Å²) in [6.45, 7) is 6.39. The first-order chi connectivity index (χ1) is 13.1. The van der Waals surface area contributed by atoms with E-state index in [0.717, 1.165) is 28.3 Å². The van der Waals surface area contributed by atoms with Gasteiger partial charge in [0.05, 0.1) is 12.8 Å². The Morgan fingerprint density at radius 2 is 1.74 bits per heavy atom. The van der Waals surface area contributed by atoms with E-state index >= 15 is 0 Å². The number of anilines is 1. The summed E-state index contributed by atoms with van der Waals surface area (Å²) < 4.78 is 2.20. The largest absolute Gasteiger partial charge is 0.376 e. The number of aromatic nitrogens is 1. The lowest BCUT2D eigenvalue weighted by atomic mass is 10.2. The lowest BCUT2D eigenvalue weighted by molar-refractivity contribution is -0.119. The quantitative estimate of drug-likeness (QED) is 0.516. The fraction of sp³-hybridized carbons (Fsp3) is 0.182. The summed E-state index contributed by atoms with van der Waals surface area (Å²) in [5.74, 6) is -0.192. The Labute approximate surface area is 159 Å². The molecule has 2 aromatic carbocycles. The SMILES string of the molecule is Cc1ccccc1-n1c(C)cc(/C=N\NC(=O)CNc2ccccc2)c1C. The number of aryl methyl sites for hydroxylation is 2. The van der Waals surface area contributed by atoms with Crippen LogP contribution in [0.2, 0.25) is 0 Å². The molecule has 0 spiro atoms. The summed E-state index contributed by atoms with van der Waals surface area (Å²) in [4.78, 5) is 11.9. The van der Waals surface area contributed by atoms with Gasteiger partial charge in [-0.15, -0.1) is 0 Å². The molecule has 0 aliphatic carbocycles. The fourth-order valence-corrected chi connectivity index (χ4v) is 3.06. The second-order valence-electron chi connectivity index (χ2n) is 6.46. The Hall–Kier alpha value is -3.34. The lowest BCUT2D eigenvalue weighted by Crippen LogP contribution is -2.25. The molecule has 0 bridgehead atoms. The Morgan fingerprint density at radius 3 is 2.48 bits per heavy atom. The molecule has 27 heavy (non-hydrogen) atoms. The van der Waals surface area contributed by atoms with Crippen molar-refractivity contribution in [2.75, 3.05) is 11.9 Å². The number of benzene rings is 2. The van der Waals surface area contributed by atoms with Crippen LogP contribution in [0.4, 0.5) is 5.69 Å². The van der Waals surface area contributed by atoms with Crippen molar-refractivity contribution in [2.24, 2.45) is 5.10 Å². The summed E-state index contributed by atoms with van der Waals surface area (Å²) in [5, 5.41) is 7.16. The average molecular weight is 360 g/mol. The van der Waals surface area contributed by atoms with Gasteiger partial charge in [-0.1, -0.05) is 36.4 Å². The third-order valence-electron chi connectivity index (χ3n) is 4.45. The molecule has 5 nitrogen and oxygen atoms in total. The zero-order valence-corrected chi connectivity index (χ0v) is 15.9. The second-order valence-corrected chi connectivity index (χ2v) is 6.46. The van der Waals surface area contributed by atoms with E-state index < -0.39 is 0 Å². The summed E-state index contributed by atoms with van der Waals surface area (Å²) in [7, 11) is 0. The van der Waals surface area contributed by atoms with Gasteiger partial charge in [0.15, 0.2) is 0 Å². The van der Waals surface area contributed by atoms with Gasteiger partial charge in [-0.25, -0.2) is 5.43 Å². The number of rotatable bonds is 6. The van der Waals surface area contributed by atoms with Crippen LogP contribution in [-0.2, 0) is 4.79 Å². The number of amides is 1. The molecule has 1 aromatic heterocycles. The van der Waals surface area contributed by atoms with E-state index in [0.29, 0.717) is 0 Å². The van der Waals surface area contributed by atoms with E-state index in [4.69, 9.17) is 0 Å². The molecule has 0 unspecified atom stereocenters. The Bertz CT molecular complexity index is 958. The minimum Gasteiger partial charge on any atom is -0.376 e. The minimum atomic E-state index is -0.192. The van der Waals surface area contributed by atoms with Crippen LogP contribution in [0.25, 0.3) is 5.69 Å². The smallest absolute Gasteiger partial charge is 0.259 e. The van der Waals surface area contributed by atoms with Crippen LogP contribution in [0, 0.1) is 20.8 Å². The van der Waals surface area contributed by atoms with Gasteiger partial charge in [0, 0.05) is 28.3 Å². The van der Waals surface area contributed by atoms with Crippen molar-refractivity contribution < 1.29 is 4.79 Å². The number of hydrogen-bond acceptors (Lipinski definition) is 3. The highest BCUT2D eigenvalue weighted by Gasteiger charge is 2.10. The molecular formula is C22H24N4O. The van der Waals surface area contributed by atoms with Gasteiger partial charge in [0.2, 0.25) is 0 Å². The molecule has 2 N–H and O–H groups in total. The second kappa shape index (κ2) is 8.36. The number of hydrazone groups is 1. The van der Waals surface area contributed by atoms with Crippen LogP contribution in [0.1, 0.15) is 22.5 Å². The topological polar surface area (TPSA) is 58.4 Å². The Morgan fingerprint density at radius 1 is 1.04 bits per heavy atom. The molecule has 5 heteroatoms. The maximum absolute atomic E-state index is 11.9. The highest BCUT2D eigenvalue weighted by Crippen LogP contribution is 2.22. The van der Waals surface area contributed by atoms with E-state index in [9.17, 15) is 4.79 Å². The molecule has 0 saturated heterocycles. The molecule has 0 fully saturated rings. The summed E-state index contributed by atoms with van der Waals surface area (Å²) in [5.41, 5.74) is 9.02. The maximum Gasteiger partial charge on any atom is 0.259 e. The van der Waals surface area contributed by atoms with Gasteiger partial charge in [0.25, 0.3) is 5.91 Å². The van der Waals surface area contributed by atoms with Gasteiger partial charge in [-0.05, 0) is 50.6 Å². The van der Waals surface area contributed by atoms with Crippen LogP contribution < -0.4 is 10.7 Å². The molecule has 3 aromatic rings. The molecule has 0 aliphatic rings. The first-order valence-corrected chi connectivity index (χ1v) is 8.92. The first-order valence-electron chi connectivity index (χ1n) is 8.92. The number of carbonyl (C=O) groups is 1. The van der Waals surface area contributed by atoms with Crippen LogP contribution >= 0.6 is 0 Å². The molecule has 3 rings (SSSR count). The standard InChI is InChI=1S/C22H24N4O/c1-16-9-7-8-12-21(16)26-17(2)13-19(18(26)3)14-24-25-22(27)15-23-20-10-5-4-6-11-20/h4-14,23H,15H2,1-3H3,(H,25,27)/b24-14-. The fourth-order valence-electron chi connectivity index (χ4n) is 3.06. The normalized spacial score (nSPS) is 10.9. The predicted molar refractivity (Wildman–Crippen MR) is 111 cm³/mol. The number of carbonyl (C=O) groups excluding carboxylic acids is 1. The Kier molecular flexibility index (Phi) is 5.71. The average Bonchev–Trinajstić information content (AvgIpc) is 2.95. The van der Waals surface area contributed by atoms with Crippen LogP contribution in [0.3, 0.4) is 0 Å². The van der Waals surface area contributed by atoms with E-state index in [1.165, 1.54) is 5.56 Å². The highest BCUT2D eigenvalue weighted by atomic mass is 16.2. The monoisotopic (exact) mass is 360 g/mol. The van der Waals surface area contributed by atoms with Crippen molar-refractivity contribution in [3.05, 3.63) is 83.2 Å². The van der Waals surface area contributed by atoms with Crippen LogP contribution in [0.15, 0.2) is 65.8 Å². The molecule has 1 heterocycles. The summed E-state index contributed by atoms with van der Waals surface area (Å²) in [6, 6.07) is 19.9. The zero-order chi connectivity index (χ0) is 19.2. The van der Waals surface area contributed by atoms with Crippen molar-refractivity contribution in [1.29, 1.82) is 0 Å². The molecule has 138 valence electrons. The third-order valence-corrected chi connectivity index (χ3v) is 4.45. The number of para-hydroxylation sites is 2. The molecule has 0 aliphatic heterocycles. The summed E-state index contributed by atoms with van der Waals surface area (Å²) >= 11 is 0. The van der Waals surface area contributed by atoms with Gasteiger partial charge < -0.3 is 9.88 Å². The number of nitrogens with zero attached hydrogens (tertiary/aromatic N) is 2.